The standard InChI is InChI=1S/C60H56N6O13/c1-71-52-31-38(32-53(72-2)46(52)21-14-37-12-16-40(17-13-37)66(69)70)44-23-19-42(35-55(44)74-4)78-60(68)48-24-20-43(36-56(48)75-5)79-59(67)47-22-15-39(33-54(47)73-3)61-64-51-27-26-49(45-11-10-30-77-58(45)51)62-63-50-25-18-41(34-57(50)76-6)65-28-8-7-9-29-65/h12-27,31-36H,7-11,28-30H2,1-6H3/b21-14+,63-62?,64-61?. The van der Waals surface area contributed by atoms with E-state index in [1.54, 1.807) is 67.8 Å². The van der Waals surface area contributed by atoms with Crippen LogP contribution in [0, 0.1) is 10.1 Å². The Hall–Kier alpha value is -9.78. The highest BCUT2D eigenvalue weighted by Gasteiger charge is 2.23. The first kappa shape index (κ1) is 54.0. The summed E-state index contributed by atoms with van der Waals surface area (Å²) < 4.78 is 51.7. The highest BCUT2D eigenvalue weighted by Crippen LogP contribution is 2.44. The lowest BCUT2D eigenvalue weighted by Crippen LogP contribution is -2.29. The van der Waals surface area contributed by atoms with Crippen LogP contribution < -0.4 is 47.5 Å². The summed E-state index contributed by atoms with van der Waals surface area (Å²) >= 11 is 0. The molecule has 0 bridgehead atoms. The van der Waals surface area contributed by atoms with Crippen LogP contribution >= 0.6 is 0 Å². The van der Waals surface area contributed by atoms with Gasteiger partial charge in [-0.25, -0.2) is 9.59 Å². The van der Waals surface area contributed by atoms with Crippen molar-refractivity contribution in [1.82, 2.24) is 0 Å². The summed E-state index contributed by atoms with van der Waals surface area (Å²) in [6, 6.07) is 33.3. The van der Waals surface area contributed by atoms with E-state index in [4.69, 9.17) is 42.6 Å². The molecule has 1 saturated heterocycles. The molecule has 9 rings (SSSR count). The fourth-order valence-electron chi connectivity index (χ4n) is 9.18. The first-order valence-corrected chi connectivity index (χ1v) is 25.2. The minimum atomic E-state index is -0.748. The van der Waals surface area contributed by atoms with E-state index in [0.717, 1.165) is 42.7 Å². The number of non-ortho nitro benzene ring substituents is 1. The fraction of sp³-hybridized carbons (Fsp3) is 0.233. The Balaban J connectivity index is 0.855. The summed E-state index contributed by atoms with van der Waals surface area (Å²) in [4.78, 5) is 40.3. The van der Waals surface area contributed by atoms with Crippen LogP contribution in [-0.4, -0.2) is 79.2 Å². The van der Waals surface area contributed by atoms with Gasteiger partial charge in [-0.1, -0.05) is 6.08 Å². The molecule has 0 aromatic heterocycles. The molecule has 0 atom stereocenters. The first-order chi connectivity index (χ1) is 38.5. The number of esters is 2. The molecule has 0 spiro atoms. The Kier molecular flexibility index (Phi) is 17.0. The fourth-order valence-corrected chi connectivity index (χ4v) is 9.18. The second kappa shape index (κ2) is 24.9. The molecular weight excluding hydrogens is 1010 g/mol. The predicted octanol–water partition coefficient (Wildman–Crippen LogP) is 14.1. The number of anilines is 1. The molecule has 0 radical (unpaired) electrons. The summed E-state index contributed by atoms with van der Waals surface area (Å²) in [5.74, 6) is 1.64. The van der Waals surface area contributed by atoms with Gasteiger partial charge in [0.1, 0.15) is 68.5 Å². The van der Waals surface area contributed by atoms with Crippen LogP contribution in [0.3, 0.4) is 0 Å². The summed E-state index contributed by atoms with van der Waals surface area (Å²) in [5, 5.41) is 29.3. The van der Waals surface area contributed by atoms with Gasteiger partial charge in [0.2, 0.25) is 0 Å². The molecule has 79 heavy (non-hydrogen) atoms. The van der Waals surface area contributed by atoms with Crippen molar-refractivity contribution in [2.75, 3.05) is 67.3 Å². The van der Waals surface area contributed by atoms with Gasteiger partial charge in [-0.05, 0) is 134 Å². The molecule has 19 nitrogen and oxygen atoms in total. The van der Waals surface area contributed by atoms with Gasteiger partial charge in [-0.3, -0.25) is 10.1 Å². The number of rotatable bonds is 19. The quantitative estimate of drug-likeness (QED) is 0.0184. The van der Waals surface area contributed by atoms with Gasteiger partial charge in [-0.15, -0.1) is 10.2 Å². The van der Waals surface area contributed by atoms with Gasteiger partial charge in [0.15, 0.2) is 5.75 Å². The van der Waals surface area contributed by atoms with E-state index >= 15 is 0 Å². The van der Waals surface area contributed by atoms with Crippen molar-refractivity contribution in [1.29, 1.82) is 0 Å². The van der Waals surface area contributed by atoms with E-state index in [1.807, 2.05) is 30.3 Å². The zero-order chi connectivity index (χ0) is 55.4. The number of ether oxygens (including phenoxy) is 9. The van der Waals surface area contributed by atoms with Crippen LogP contribution in [0.5, 0.6) is 51.7 Å². The summed E-state index contributed by atoms with van der Waals surface area (Å²) in [5.41, 5.74) is 7.05. The first-order valence-electron chi connectivity index (χ1n) is 25.2. The largest absolute Gasteiger partial charge is 0.496 e. The second-order valence-electron chi connectivity index (χ2n) is 18.0. The highest BCUT2D eigenvalue weighted by molar-refractivity contribution is 5.96. The zero-order valence-electron chi connectivity index (χ0n) is 44.3. The number of azo groups is 2. The highest BCUT2D eigenvalue weighted by atomic mass is 16.6. The van der Waals surface area contributed by atoms with E-state index in [0.29, 0.717) is 74.8 Å². The number of nitro groups is 1. The summed E-state index contributed by atoms with van der Waals surface area (Å²) in [6.07, 6.45) is 8.71. The Morgan fingerprint density at radius 1 is 0.557 bits per heavy atom. The maximum Gasteiger partial charge on any atom is 0.347 e. The van der Waals surface area contributed by atoms with E-state index in [1.165, 1.54) is 91.2 Å². The molecule has 7 aromatic rings. The van der Waals surface area contributed by atoms with E-state index in [2.05, 4.69) is 31.4 Å². The topological polar surface area (TPSA) is 213 Å². The third-order valence-corrected chi connectivity index (χ3v) is 13.2. The molecule has 0 aliphatic carbocycles. The molecule has 7 aromatic carbocycles. The Bertz CT molecular complexity index is 3480. The van der Waals surface area contributed by atoms with Crippen molar-refractivity contribution in [2.24, 2.45) is 20.5 Å². The molecule has 0 saturated carbocycles. The average Bonchev–Trinajstić information content (AvgIpc) is 3.52. The number of piperidine rings is 1. The number of nitro benzene ring substituents is 1. The normalized spacial score (nSPS) is 13.2. The molecule has 404 valence electrons. The molecular formula is C60H56N6O13. The van der Waals surface area contributed by atoms with Gasteiger partial charge in [0.25, 0.3) is 5.69 Å². The molecule has 2 heterocycles. The van der Waals surface area contributed by atoms with E-state index < -0.39 is 16.9 Å². The number of nitrogens with zero attached hydrogens (tertiary/aromatic N) is 6. The van der Waals surface area contributed by atoms with Gasteiger partial charge < -0.3 is 47.5 Å². The predicted molar refractivity (Wildman–Crippen MR) is 297 cm³/mol. The van der Waals surface area contributed by atoms with Crippen molar-refractivity contribution < 1.29 is 57.1 Å². The van der Waals surface area contributed by atoms with Crippen LogP contribution in [0.25, 0.3) is 23.3 Å². The number of carbonyl (C=O) groups excluding carboxylic acids is 2. The number of hydrogen-bond acceptors (Lipinski definition) is 18. The molecule has 19 heteroatoms. The van der Waals surface area contributed by atoms with Crippen molar-refractivity contribution in [3.8, 4) is 62.9 Å². The maximum atomic E-state index is 13.6. The smallest absolute Gasteiger partial charge is 0.347 e. The van der Waals surface area contributed by atoms with Crippen LogP contribution in [-0.2, 0) is 6.42 Å². The van der Waals surface area contributed by atoms with Crippen LogP contribution in [0.4, 0.5) is 34.1 Å². The number of fused-ring (bicyclic) bond motifs is 1. The second-order valence-corrected chi connectivity index (χ2v) is 18.0. The summed E-state index contributed by atoms with van der Waals surface area (Å²) in [6.45, 7) is 2.56. The van der Waals surface area contributed by atoms with Crippen LogP contribution in [0.1, 0.15) is 63.1 Å². The molecule has 2 aliphatic heterocycles. The molecule has 0 amide bonds. The monoisotopic (exact) mass is 1070 g/mol. The van der Waals surface area contributed by atoms with Gasteiger partial charge in [0, 0.05) is 66.3 Å². The van der Waals surface area contributed by atoms with Gasteiger partial charge >= 0.3 is 11.9 Å². The third-order valence-electron chi connectivity index (χ3n) is 13.2. The molecule has 0 unspecified atom stereocenters. The lowest BCUT2D eigenvalue weighted by Gasteiger charge is -2.29. The van der Waals surface area contributed by atoms with Crippen molar-refractivity contribution in [3.63, 3.8) is 0 Å². The Morgan fingerprint density at radius 2 is 1.14 bits per heavy atom. The van der Waals surface area contributed by atoms with Crippen LogP contribution in [0.15, 0.2) is 142 Å². The number of methoxy groups -OCH3 is 6. The number of benzene rings is 7. The van der Waals surface area contributed by atoms with Crippen LogP contribution in [0.2, 0.25) is 0 Å². The number of hydrogen-bond donors (Lipinski definition) is 0. The Labute approximate surface area is 455 Å². The van der Waals surface area contributed by atoms with Gasteiger partial charge in [0.05, 0.1) is 71.1 Å². The van der Waals surface area contributed by atoms with Crippen molar-refractivity contribution in [3.05, 3.63) is 159 Å². The minimum Gasteiger partial charge on any atom is -0.496 e. The third kappa shape index (κ3) is 12.4. The SMILES string of the molecule is COc1cc(N2CCCCC2)ccc1N=Nc1ccc(N=Nc2ccc(C(=O)Oc3ccc(C(=O)Oc4ccc(-c5cc(OC)c(/C=C/c6ccc([N+](=O)[O-])cc6)c(OC)c5)c(OC)c4)c(OC)c3)c(OC)c2)c2c1CCCO2. The Morgan fingerprint density at radius 3 is 1.80 bits per heavy atom. The molecule has 1 fully saturated rings. The molecule has 0 N–H and O–H groups in total. The number of carbonyl (C=O) groups is 2. The van der Waals surface area contributed by atoms with Crippen molar-refractivity contribution in [2.45, 2.75) is 32.1 Å². The minimum absolute atomic E-state index is 0.00895. The lowest BCUT2D eigenvalue weighted by atomic mass is 10.00. The zero-order valence-corrected chi connectivity index (χ0v) is 44.3. The lowest BCUT2D eigenvalue weighted by molar-refractivity contribution is -0.384. The van der Waals surface area contributed by atoms with E-state index in [9.17, 15) is 19.7 Å². The average molecular weight is 1070 g/mol. The van der Waals surface area contributed by atoms with Gasteiger partial charge in [-0.2, -0.15) is 10.2 Å². The molecule has 2 aliphatic rings. The van der Waals surface area contributed by atoms with E-state index in [-0.39, 0.29) is 39.8 Å². The maximum absolute atomic E-state index is 13.6. The van der Waals surface area contributed by atoms with Crippen molar-refractivity contribution >= 4 is 58.2 Å². The summed E-state index contributed by atoms with van der Waals surface area (Å²) in [7, 11) is 8.99.